The molecule has 8 heteroatoms. The lowest BCUT2D eigenvalue weighted by atomic mass is 10.1. The van der Waals surface area contributed by atoms with Crippen molar-refractivity contribution in [1.82, 2.24) is 9.47 Å². The topological polar surface area (TPSA) is 71.4 Å². The average molecular weight is 552 g/mol. The number of amides is 3. The molecule has 4 aromatic carbocycles. The fraction of sp³-hybridized carbons (Fsp3) is 0.0645. The van der Waals surface area contributed by atoms with Gasteiger partial charge in [0.05, 0.1) is 15.6 Å². The van der Waals surface area contributed by atoms with Gasteiger partial charge in [0.15, 0.2) is 0 Å². The number of hydrogen-bond donors (Lipinski definition) is 1. The van der Waals surface area contributed by atoms with Gasteiger partial charge in [0.1, 0.15) is 6.54 Å². The smallest absolute Gasteiger partial charge is 0.294 e. The van der Waals surface area contributed by atoms with Crippen LogP contribution in [0, 0.1) is 0 Å². The van der Waals surface area contributed by atoms with Crippen molar-refractivity contribution in [2.24, 2.45) is 0 Å². The Kier molecular flexibility index (Phi) is 6.69. The highest BCUT2D eigenvalue weighted by atomic mass is 35.5. The molecule has 1 aliphatic rings. The van der Waals surface area contributed by atoms with Crippen LogP contribution in [0.5, 0.6) is 0 Å². The third-order valence-electron chi connectivity index (χ3n) is 6.60. The Hall–Kier alpha value is -4.33. The summed E-state index contributed by atoms with van der Waals surface area (Å²) in [6.45, 7) is 0.264. The van der Waals surface area contributed by atoms with Crippen molar-refractivity contribution < 1.29 is 14.4 Å². The summed E-state index contributed by atoms with van der Waals surface area (Å²) in [6.07, 6.45) is 3.73. The lowest BCUT2D eigenvalue weighted by molar-refractivity contribution is -0.127. The number of halogens is 1. The summed E-state index contributed by atoms with van der Waals surface area (Å²) >= 11 is 6.94. The first-order chi connectivity index (χ1) is 19.0. The minimum Gasteiger partial charge on any atom is -0.342 e. The highest BCUT2D eigenvalue weighted by molar-refractivity contribution is 8.18. The number of para-hydroxylation sites is 2. The van der Waals surface area contributed by atoms with Crippen molar-refractivity contribution >= 4 is 73.9 Å². The number of thioether (sulfide) groups is 1. The minimum absolute atomic E-state index is 0.277. The van der Waals surface area contributed by atoms with Gasteiger partial charge in [0.2, 0.25) is 5.91 Å². The minimum atomic E-state index is -0.501. The van der Waals surface area contributed by atoms with E-state index in [9.17, 15) is 14.4 Å². The van der Waals surface area contributed by atoms with Crippen LogP contribution in [-0.4, -0.2) is 33.1 Å². The van der Waals surface area contributed by atoms with E-state index in [0.29, 0.717) is 17.3 Å². The van der Waals surface area contributed by atoms with Gasteiger partial charge < -0.3 is 9.88 Å². The molecule has 0 unspecified atom stereocenters. The highest BCUT2D eigenvalue weighted by Crippen LogP contribution is 2.34. The van der Waals surface area contributed by atoms with Crippen LogP contribution in [-0.2, 0) is 16.1 Å². The van der Waals surface area contributed by atoms with Crippen LogP contribution < -0.4 is 5.32 Å². The van der Waals surface area contributed by atoms with E-state index in [4.69, 9.17) is 11.6 Å². The van der Waals surface area contributed by atoms with E-state index >= 15 is 0 Å². The number of nitrogens with zero attached hydrogens (tertiary/aromatic N) is 2. The number of hydrogen-bond acceptors (Lipinski definition) is 4. The molecule has 2 heterocycles. The number of carbonyl (C=O) groups is 3. The lowest BCUT2D eigenvalue weighted by Gasteiger charge is -2.13. The molecule has 0 atom stereocenters. The number of benzene rings is 4. The van der Waals surface area contributed by atoms with Gasteiger partial charge in [-0.1, -0.05) is 78.3 Å². The predicted molar refractivity (Wildman–Crippen MR) is 158 cm³/mol. The standard InChI is InChI=1S/C31H22ClN3O3S/c32-25-10-4-5-11-26(25)33-29(36)19-35-30(37)28(39-31(35)38)16-23-18-34(27-12-6-3-9-24(23)27)17-20-13-14-21-7-1-2-8-22(21)15-20/h1-16,18H,17,19H2,(H,33,36)/b28-16+. The molecule has 1 N–H and O–H groups in total. The number of aromatic nitrogens is 1. The van der Waals surface area contributed by atoms with Crippen LogP contribution in [0.3, 0.4) is 0 Å². The molecule has 39 heavy (non-hydrogen) atoms. The summed E-state index contributed by atoms with van der Waals surface area (Å²) in [4.78, 5) is 39.6. The van der Waals surface area contributed by atoms with E-state index in [2.05, 4.69) is 40.2 Å². The van der Waals surface area contributed by atoms with Gasteiger partial charge in [0, 0.05) is 29.2 Å². The Morgan fingerprint density at radius 1 is 0.897 bits per heavy atom. The maximum atomic E-state index is 13.1. The second-order valence-corrected chi connectivity index (χ2v) is 10.6. The number of rotatable bonds is 6. The second kappa shape index (κ2) is 10.4. The van der Waals surface area contributed by atoms with Gasteiger partial charge in [-0.2, -0.15) is 0 Å². The van der Waals surface area contributed by atoms with Crippen LogP contribution in [0.15, 0.2) is 102 Å². The molecule has 1 saturated heterocycles. The molecule has 6 rings (SSSR count). The summed E-state index contributed by atoms with van der Waals surface area (Å²) in [5, 5.41) is 5.89. The molecule has 0 saturated carbocycles. The van der Waals surface area contributed by atoms with Gasteiger partial charge in [-0.3, -0.25) is 19.3 Å². The van der Waals surface area contributed by atoms with Crippen molar-refractivity contribution in [1.29, 1.82) is 0 Å². The number of fused-ring (bicyclic) bond motifs is 2. The van der Waals surface area contributed by atoms with E-state index in [-0.39, 0.29) is 4.91 Å². The third-order valence-corrected chi connectivity index (χ3v) is 7.83. The molecule has 0 spiro atoms. The quantitative estimate of drug-likeness (QED) is 0.227. The third kappa shape index (κ3) is 5.06. The monoisotopic (exact) mass is 551 g/mol. The molecule has 0 radical (unpaired) electrons. The molecule has 3 amide bonds. The van der Waals surface area contributed by atoms with Gasteiger partial charge in [-0.15, -0.1) is 0 Å². The Labute approximate surface area is 233 Å². The van der Waals surface area contributed by atoms with E-state index < -0.39 is 23.6 Å². The van der Waals surface area contributed by atoms with Gasteiger partial charge in [0.25, 0.3) is 11.1 Å². The highest BCUT2D eigenvalue weighted by Gasteiger charge is 2.36. The van der Waals surface area contributed by atoms with Crippen molar-refractivity contribution in [2.75, 3.05) is 11.9 Å². The van der Waals surface area contributed by atoms with E-state index in [1.54, 1.807) is 30.3 Å². The first kappa shape index (κ1) is 25.0. The molecule has 192 valence electrons. The molecule has 1 aliphatic heterocycles. The van der Waals surface area contributed by atoms with Crippen molar-refractivity contribution in [2.45, 2.75) is 6.54 Å². The van der Waals surface area contributed by atoms with E-state index in [1.807, 2.05) is 42.6 Å². The number of carbonyl (C=O) groups excluding carboxylic acids is 3. The Morgan fingerprint density at radius 3 is 2.49 bits per heavy atom. The largest absolute Gasteiger partial charge is 0.342 e. The first-order valence-electron chi connectivity index (χ1n) is 12.3. The Bertz CT molecular complexity index is 1810. The van der Waals surface area contributed by atoms with Gasteiger partial charge in [-0.05, 0) is 58.4 Å². The molecular formula is C31H22ClN3O3S. The molecule has 0 bridgehead atoms. The molecule has 0 aliphatic carbocycles. The molecule has 1 aromatic heterocycles. The zero-order valence-corrected chi connectivity index (χ0v) is 22.2. The summed E-state index contributed by atoms with van der Waals surface area (Å²) in [6, 6.07) is 29.4. The second-order valence-electron chi connectivity index (χ2n) is 9.21. The van der Waals surface area contributed by atoms with Crippen LogP contribution >= 0.6 is 23.4 Å². The summed E-state index contributed by atoms with van der Waals surface area (Å²) in [7, 11) is 0. The summed E-state index contributed by atoms with van der Waals surface area (Å²) < 4.78 is 2.15. The van der Waals surface area contributed by atoms with Crippen molar-refractivity contribution in [3.63, 3.8) is 0 Å². The van der Waals surface area contributed by atoms with Gasteiger partial charge in [-0.25, -0.2) is 0 Å². The predicted octanol–water partition coefficient (Wildman–Crippen LogP) is 7.17. The Balaban J connectivity index is 1.25. The fourth-order valence-corrected chi connectivity index (χ4v) is 5.74. The summed E-state index contributed by atoms with van der Waals surface area (Å²) in [5.41, 5.74) is 3.43. The van der Waals surface area contributed by atoms with Crippen molar-refractivity contribution in [3.8, 4) is 0 Å². The average Bonchev–Trinajstić information content (AvgIpc) is 3.41. The van der Waals surface area contributed by atoms with Crippen LogP contribution in [0.25, 0.3) is 27.8 Å². The molecule has 6 nitrogen and oxygen atoms in total. The maximum Gasteiger partial charge on any atom is 0.294 e. The zero-order valence-electron chi connectivity index (χ0n) is 20.6. The normalized spacial score (nSPS) is 14.6. The Morgan fingerprint density at radius 2 is 1.64 bits per heavy atom. The van der Waals surface area contributed by atoms with E-state index in [1.165, 1.54) is 10.8 Å². The number of nitrogens with one attached hydrogen (secondary N) is 1. The van der Waals surface area contributed by atoms with Crippen LogP contribution in [0.1, 0.15) is 11.1 Å². The fourth-order valence-electron chi connectivity index (χ4n) is 4.73. The van der Waals surface area contributed by atoms with Gasteiger partial charge >= 0.3 is 0 Å². The van der Waals surface area contributed by atoms with E-state index in [0.717, 1.165) is 38.7 Å². The maximum absolute atomic E-state index is 13.1. The van der Waals surface area contributed by atoms with Crippen molar-refractivity contribution in [3.05, 3.63) is 118 Å². The zero-order chi connectivity index (χ0) is 26.9. The number of imide groups is 1. The summed E-state index contributed by atoms with van der Waals surface area (Å²) in [5.74, 6) is -0.996. The SMILES string of the molecule is O=C(CN1C(=O)S/C(=C/c2cn(Cc3ccc4ccccc4c3)c3ccccc23)C1=O)Nc1ccccc1Cl. The first-order valence-corrected chi connectivity index (χ1v) is 13.5. The molecule has 1 fully saturated rings. The number of anilines is 1. The molecular weight excluding hydrogens is 530 g/mol. The lowest BCUT2D eigenvalue weighted by Crippen LogP contribution is -2.36. The van der Waals surface area contributed by atoms with Crippen LogP contribution in [0.2, 0.25) is 5.02 Å². The molecule has 5 aromatic rings. The van der Waals surface area contributed by atoms with Crippen LogP contribution in [0.4, 0.5) is 10.5 Å².